The molecule has 1 amide bonds. The van der Waals surface area contributed by atoms with Crippen molar-refractivity contribution >= 4 is 46.7 Å². The number of benzene rings is 2. The van der Waals surface area contributed by atoms with E-state index in [0.717, 1.165) is 16.1 Å². The van der Waals surface area contributed by atoms with Gasteiger partial charge in [0.25, 0.3) is 0 Å². The highest BCUT2D eigenvalue weighted by Gasteiger charge is 2.24. The molecule has 3 rings (SSSR count). The normalized spacial score (nSPS) is 12.8. The minimum absolute atomic E-state index is 0.000728. The van der Waals surface area contributed by atoms with E-state index in [1.54, 1.807) is 42.3 Å². The average Bonchev–Trinajstić information content (AvgIpc) is 2.95. The summed E-state index contributed by atoms with van der Waals surface area (Å²) >= 11 is 7.35. The first-order valence-corrected chi connectivity index (χ1v) is 9.77. The van der Waals surface area contributed by atoms with Crippen molar-refractivity contribution < 1.29 is 19.1 Å². The fourth-order valence-electron chi connectivity index (χ4n) is 2.73. The Bertz CT molecular complexity index is 882. The van der Waals surface area contributed by atoms with Gasteiger partial charge in [-0.3, -0.25) is 14.4 Å². The van der Waals surface area contributed by atoms with E-state index < -0.39 is 5.97 Å². The van der Waals surface area contributed by atoms with Crippen LogP contribution in [0, 0.1) is 0 Å². The Morgan fingerprint density at radius 1 is 1.19 bits per heavy atom. The number of Topliss-reactive ketones (excluding diaryl/α,β-unsaturated/α-hetero) is 1. The van der Waals surface area contributed by atoms with Gasteiger partial charge in [-0.05, 0) is 48.0 Å². The monoisotopic (exact) mass is 403 g/mol. The fourth-order valence-corrected chi connectivity index (χ4v) is 3.69. The van der Waals surface area contributed by atoms with Crippen LogP contribution in [0.15, 0.2) is 47.4 Å². The standard InChI is InChI=1S/C20H18ClNO4S/c1-22-17-7-2-13(10-14(17)11-19(22)24)18(23)12-26-20(25)8-9-27-16-5-3-15(21)4-6-16/h2-7,10H,8-9,11-12H2,1H3. The minimum Gasteiger partial charge on any atom is -0.457 e. The maximum absolute atomic E-state index is 12.2. The molecule has 0 unspecified atom stereocenters. The Morgan fingerprint density at radius 3 is 2.67 bits per heavy atom. The number of nitrogens with zero attached hydrogens (tertiary/aromatic N) is 1. The van der Waals surface area contributed by atoms with Gasteiger partial charge in [-0.2, -0.15) is 0 Å². The number of fused-ring (bicyclic) bond motifs is 1. The summed E-state index contributed by atoms with van der Waals surface area (Å²) in [6.45, 7) is -0.299. The van der Waals surface area contributed by atoms with Gasteiger partial charge in [0.2, 0.25) is 5.91 Å². The van der Waals surface area contributed by atoms with Gasteiger partial charge < -0.3 is 9.64 Å². The molecular formula is C20H18ClNO4S. The number of hydrogen-bond donors (Lipinski definition) is 0. The quantitative estimate of drug-likeness (QED) is 0.400. The van der Waals surface area contributed by atoms with Crippen LogP contribution in [0.2, 0.25) is 5.02 Å². The van der Waals surface area contributed by atoms with Gasteiger partial charge in [-0.15, -0.1) is 11.8 Å². The van der Waals surface area contributed by atoms with Crippen molar-refractivity contribution in [2.45, 2.75) is 17.7 Å². The van der Waals surface area contributed by atoms with Crippen LogP contribution in [0.25, 0.3) is 0 Å². The van der Waals surface area contributed by atoms with E-state index in [1.807, 2.05) is 12.1 Å². The molecule has 0 fully saturated rings. The molecule has 0 N–H and O–H groups in total. The van der Waals surface area contributed by atoms with Crippen molar-refractivity contribution in [2.75, 3.05) is 24.3 Å². The molecule has 7 heteroatoms. The Morgan fingerprint density at radius 2 is 1.93 bits per heavy atom. The number of ketones is 1. The summed E-state index contributed by atoms with van der Waals surface area (Å²) in [7, 11) is 1.71. The molecule has 5 nitrogen and oxygen atoms in total. The molecule has 1 aliphatic rings. The minimum atomic E-state index is -0.416. The third-order valence-electron chi connectivity index (χ3n) is 4.23. The lowest BCUT2D eigenvalue weighted by molar-refractivity contribution is -0.142. The summed E-state index contributed by atoms with van der Waals surface area (Å²) in [5, 5.41) is 0.667. The number of halogens is 1. The molecule has 0 aromatic heterocycles. The number of hydrogen-bond acceptors (Lipinski definition) is 5. The summed E-state index contributed by atoms with van der Waals surface area (Å²) in [6.07, 6.45) is 0.499. The zero-order valence-corrected chi connectivity index (χ0v) is 16.3. The first kappa shape index (κ1) is 19.5. The van der Waals surface area contributed by atoms with Crippen LogP contribution in [0.5, 0.6) is 0 Å². The molecule has 0 radical (unpaired) electrons. The van der Waals surface area contributed by atoms with Gasteiger partial charge in [0, 0.05) is 34.0 Å². The summed E-state index contributed by atoms with van der Waals surface area (Å²) in [4.78, 5) is 38.4. The lowest BCUT2D eigenvalue weighted by Crippen LogP contribution is -2.20. The molecule has 140 valence electrons. The number of carbonyl (C=O) groups excluding carboxylic acids is 3. The maximum Gasteiger partial charge on any atom is 0.307 e. The van der Waals surface area contributed by atoms with Crippen molar-refractivity contribution in [1.29, 1.82) is 0 Å². The zero-order valence-electron chi connectivity index (χ0n) is 14.7. The van der Waals surface area contributed by atoms with Gasteiger partial charge in [0.1, 0.15) is 0 Å². The van der Waals surface area contributed by atoms with Gasteiger partial charge in [-0.25, -0.2) is 0 Å². The predicted molar refractivity (Wildman–Crippen MR) is 106 cm³/mol. The molecule has 1 heterocycles. The van der Waals surface area contributed by atoms with Crippen molar-refractivity contribution in [1.82, 2.24) is 0 Å². The molecule has 1 aliphatic heterocycles. The lowest BCUT2D eigenvalue weighted by atomic mass is 10.1. The SMILES string of the molecule is CN1C(=O)Cc2cc(C(=O)COC(=O)CCSc3ccc(Cl)cc3)ccc21. The number of ether oxygens (including phenoxy) is 1. The summed E-state index contributed by atoms with van der Waals surface area (Å²) in [6, 6.07) is 12.5. The largest absolute Gasteiger partial charge is 0.457 e. The Balaban J connectivity index is 1.45. The maximum atomic E-state index is 12.2. The van der Waals surface area contributed by atoms with Crippen molar-refractivity contribution in [3.8, 4) is 0 Å². The van der Waals surface area contributed by atoms with Crippen LogP contribution in [0.3, 0.4) is 0 Å². The van der Waals surface area contributed by atoms with Gasteiger partial charge in [-0.1, -0.05) is 11.6 Å². The second kappa shape index (κ2) is 8.59. The van der Waals surface area contributed by atoms with E-state index in [-0.39, 0.29) is 31.1 Å². The average molecular weight is 404 g/mol. The summed E-state index contributed by atoms with van der Waals surface area (Å²) < 4.78 is 5.08. The smallest absolute Gasteiger partial charge is 0.307 e. The van der Waals surface area contributed by atoms with Gasteiger partial charge in [0.05, 0.1) is 12.8 Å². The van der Waals surface area contributed by atoms with E-state index in [2.05, 4.69) is 0 Å². The van der Waals surface area contributed by atoms with E-state index >= 15 is 0 Å². The molecule has 0 bridgehead atoms. The first-order chi connectivity index (χ1) is 12.9. The third kappa shape index (κ3) is 4.90. The molecule has 2 aromatic carbocycles. The highest BCUT2D eigenvalue weighted by atomic mass is 35.5. The Hall–Kier alpha value is -2.31. The highest BCUT2D eigenvalue weighted by Crippen LogP contribution is 2.28. The van der Waals surface area contributed by atoms with E-state index in [1.165, 1.54) is 11.8 Å². The van der Waals surface area contributed by atoms with E-state index in [0.29, 0.717) is 16.3 Å². The van der Waals surface area contributed by atoms with Crippen LogP contribution in [-0.4, -0.2) is 37.1 Å². The second-order valence-electron chi connectivity index (χ2n) is 6.11. The second-order valence-corrected chi connectivity index (χ2v) is 7.71. The topological polar surface area (TPSA) is 63.7 Å². The molecule has 2 aromatic rings. The van der Waals surface area contributed by atoms with Gasteiger partial charge >= 0.3 is 5.97 Å². The molecule has 0 atom stereocenters. The fraction of sp³-hybridized carbons (Fsp3) is 0.250. The summed E-state index contributed by atoms with van der Waals surface area (Å²) in [5.74, 6) is -0.138. The zero-order chi connectivity index (χ0) is 19.4. The van der Waals surface area contributed by atoms with Crippen LogP contribution in [-0.2, 0) is 20.7 Å². The van der Waals surface area contributed by atoms with Crippen molar-refractivity contribution in [3.05, 3.63) is 58.6 Å². The number of anilines is 1. The molecule has 27 heavy (non-hydrogen) atoms. The number of carbonyl (C=O) groups is 3. The van der Waals surface area contributed by atoms with Crippen LogP contribution < -0.4 is 4.90 Å². The molecule has 0 saturated heterocycles. The molecule has 0 aliphatic carbocycles. The summed E-state index contributed by atoms with van der Waals surface area (Å²) in [5.41, 5.74) is 2.08. The first-order valence-electron chi connectivity index (χ1n) is 8.40. The Kier molecular flexibility index (Phi) is 6.19. The molecule has 0 saturated carbocycles. The highest BCUT2D eigenvalue weighted by molar-refractivity contribution is 7.99. The molecular weight excluding hydrogens is 386 g/mol. The predicted octanol–water partition coefficient (Wildman–Crippen LogP) is 3.77. The van der Waals surface area contributed by atoms with Crippen LogP contribution in [0.4, 0.5) is 5.69 Å². The number of thioether (sulfide) groups is 1. The van der Waals surface area contributed by atoms with E-state index in [4.69, 9.17) is 16.3 Å². The van der Waals surface area contributed by atoms with Crippen LogP contribution >= 0.6 is 23.4 Å². The Labute approximate surface area is 166 Å². The number of esters is 1. The number of rotatable bonds is 7. The van der Waals surface area contributed by atoms with Crippen LogP contribution in [0.1, 0.15) is 22.3 Å². The number of likely N-dealkylation sites (N-methyl/N-ethyl adjacent to an activating group) is 1. The lowest BCUT2D eigenvalue weighted by Gasteiger charge is -2.10. The van der Waals surface area contributed by atoms with E-state index in [9.17, 15) is 14.4 Å². The van der Waals surface area contributed by atoms with Crippen molar-refractivity contribution in [3.63, 3.8) is 0 Å². The van der Waals surface area contributed by atoms with Gasteiger partial charge in [0.15, 0.2) is 12.4 Å². The number of amides is 1. The van der Waals surface area contributed by atoms with Crippen molar-refractivity contribution in [2.24, 2.45) is 0 Å². The third-order valence-corrected chi connectivity index (χ3v) is 5.50. The molecule has 0 spiro atoms.